The van der Waals surface area contributed by atoms with Crippen molar-refractivity contribution in [1.29, 1.82) is 0 Å². The molecule has 1 unspecified atom stereocenters. The van der Waals surface area contributed by atoms with Crippen molar-refractivity contribution < 1.29 is 19.7 Å². The summed E-state index contributed by atoms with van der Waals surface area (Å²) in [7, 11) is 1.62. The van der Waals surface area contributed by atoms with E-state index in [1.54, 1.807) is 19.2 Å². The molecule has 0 aliphatic carbocycles. The van der Waals surface area contributed by atoms with Gasteiger partial charge in [0.1, 0.15) is 29.5 Å². The second-order valence-corrected chi connectivity index (χ2v) is 6.50. The van der Waals surface area contributed by atoms with Crippen molar-refractivity contribution in [2.75, 3.05) is 13.6 Å². The third-order valence-corrected chi connectivity index (χ3v) is 4.67. The summed E-state index contributed by atoms with van der Waals surface area (Å²) in [5, 5.41) is 26.8. The molecule has 1 aliphatic rings. The number of aromatic hydroxyl groups is 1. The van der Waals surface area contributed by atoms with Gasteiger partial charge in [-0.05, 0) is 29.8 Å². The molecule has 0 bridgehead atoms. The van der Waals surface area contributed by atoms with E-state index in [0.717, 1.165) is 11.3 Å². The molecule has 4 rings (SSSR count). The number of amides is 1. The van der Waals surface area contributed by atoms with E-state index >= 15 is 0 Å². The van der Waals surface area contributed by atoms with Gasteiger partial charge in [-0.15, -0.1) is 0 Å². The molecule has 0 saturated carbocycles. The predicted octanol–water partition coefficient (Wildman–Crippen LogP) is 2.48. The normalized spacial score (nSPS) is 13.3. The van der Waals surface area contributed by atoms with E-state index in [1.807, 2.05) is 24.3 Å². The van der Waals surface area contributed by atoms with E-state index < -0.39 is 6.10 Å². The summed E-state index contributed by atoms with van der Waals surface area (Å²) in [6.07, 6.45) is -0.865. The highest BCUT2D eigenvalue weighted by Crippen LogP contribution is 2.37. The number of aliphatic hydroxyl groups is 1. The number of carbonyl (C=O) groups is 1. The van der Waals surface area contributed by atoms with Gasteiger partial charge in [0.15, 0.2) is 0 Å². The van der Waals surface area contributed by atoms with Crippen LogP contribution in [0, 0.1) is 0 Å². The molecule has 0 radical (unpaired) electrons. The lowest BCUT2D eigenvalue weighted by Gasteiger charge is -2.22. The van der Waals surface area contributed by atoms with Gasteiger partial charge in [0, 0.05) is 18.2 Å². The van der Waals surface area contributed by atoms with Crippen molar-refractivity contribution in [2.45, 2.75) is 12.7 Å². The van der Waals surface area contributed by atoms with E-state index in [9.17, 15) is 15.0 Å². The average Bonchev–Trinajstić information content (AvgIpc) is 3.12. The van der Waals surface area contributed by atoms with Gasteiger partial charge in [0.25, 0.3) is 5.91 Å². The number of aliphatic hydroxyl groups excluding tert-OH is 1. The van der Waals surface area contributed by atoms with Crippen molar-refractivity contribution in [3.63, 3.8) is 0 Å². The number of H-pyrrole nitrogens is 1. The Morgan fingerprint density at radius 1 is 1.26 bits per heavy atom. The number of ether oxygens (including phenoxy) is 1. The summed E-state index contributed by atoms with van der Waals surface area (Å²) < 4.78 is 5.74. The second-order valence-electron chi connectivity index (χ2n) is 6.50. The number of likely N-dealkylation sites (N-methyl/N-ethyl adjacent to an activating group) is 1. The molecule has 1 aliphatic heterocycles. The number of fused-ring (bicyclic) bond motifs is 3. The van der Waals surface area contributed by atoms with E-state index in [0.29, 0.717) is 22.5 Å². The van der Waals surface area contributed by atoms with E-state index in [4.69, 9.17) is 4.74 Å². The maximum absolute atomic E-state index is 12.9. The summed E-state index contributed by atoms with van der Waals surface area (Å²) in [5.41, 5.74) is 3.26. The van der Waals surface area contributed by atoms with E-state index in [-0.39, 0.29) is 24.8 Å². The topological polar surface area (TPSA) is 98.7 Å². The quantitative estimate of drug-likeness (QED) is 0.660. The molecule has 2 aromatic carbocycles. The zero-order valence-electron chi connectivity index (χ0n) is 14.7. The highest BCUT2D eigenvalue weighted by atomic mass is 16.5. The molecule has 3 N–H and O–H groups in total. The first-order valence-corrected chi connectivity index (χ1v) is 8.56. The minimum Gasteiger partial charge on any atom is -0.508 e. The average molecular weight is 365 g/mol. The minimum absolute atomic E-state index is 0.106. The molecular weight excluding hydrogens is 346 g/mol. The van der Waals surface area contributed by atoms with Crippen LogP contribution in [0.3, 0.4) is 0 Å². The molecule has 1 amide bonds. The molecule has 2 heterocycles. The molecule has 138 valence electrons. The first-order valence-electron chi connectivity index (χ1n) is 8.56. The zero-order chi connectivity index (χ0) is 19.0. The molecule has 7 heteroatoms. The van der Waals surface area contributed by atoms with Gasteiger partial charge in [-0.25, -0.2) is 0 Å². The molecular formula is C20H19N3O4. The van der Waals surface area contributed by atoms with Crippen molar-refractivity contribution in [3.8, 4) is 22.8 Å². The van der Waals surface area contributed by atoms with Crippen LogP contribution in [0.15, 0.2) is 48.5 Å². The van der Waals surface area contributed by atoms with Crippen LogP contribution < -0.4 is 4.74 Å². The Kier molecular flexibility index (Phi) is 4.29. The second kappa shape index (κ2) is 6.77. The van der Waals surface area contributed by atoms with Gasteiger partial charge in [-0.2, -0.15) is 5.10 Å². The number of para-hydroxylation sites is 1. The Hall–Kier alpha value is -3.32. The Morgan fingerprint density at radius 3 is 2.78 bits per heavy atom. The van der Waals surface area contributed by atoms with E-state index in [2.05, 4.69) is 10.2 Å². The fourth-order valence-electron chi connectivity index (χ4n) is 3.18. The fraction of sp³-hybridized carbons (Fsp3) is 0.200. The molecule has 1 aromatic heterocycles. The number of hydrogen-bond donors (Lipinski definition) is 3. The van der Waals surface area contributed by atoms with Crippen LogP contribution in [0.25, 0.3) is 11.3 Å². The summed E-state index contributed by atoms with van der Waals surface area (Å²) in [6.45, 7) is 0.368. The van der Waals surface area contributed by atoms with Gasteiger partial charge in [0.2, 0.25) is 0 Å². The van der Waals surface area contributed by atoms with Crippen LogP contribution in [-0.4, -0.2) is 44.8 Å². The summed E-state index contributed by atoms with van der Waals surface area (Å²) in [6, 6.07) is 13.8. The molecule has 0 spiro atoms. The van der Waals surface area contributed by atoms with Crippen LogP contribution in [0.1, 0.15) is 27.7 Å². The Balaban J connectivity index is 1.54. The minimum atomic E-state index is -0.865. The Morgan fingerprint density at radius 2 is 2.00 bits per heavy atom. The smallest absolute Gasteiger partial charge is 0.272 e. The molecule has 3 aromatic rings. The third-order valence-electron chi connectivity index (χ3n) is 4.67. The van der Waals surface area contributed by atoms with E-state index in [1.165, 1.54) is 17.0 Å². The van der Waals surface area contributed by atoms with Gasteiger partial charge in [0.05, 0.1) is 12.6 Å². The lowest BCUT2D eigenvalue weighted by Crippen LogP contribution is -2.32. The Bertz CT molecular complexity index is 981. The summed E-state index contributed by atoms with van der Waals surface area (Å²) in [5.74, 6) is 0.593. The number of hydrogen-bond acceptors (Lipinski definition) is 5. The SMILES string of the molecule is CN(CC(O)c1ccc(O)cc1)C(=O)c1[nH]nc2c1COc1ccccc1-2. The highest BCUT2D eigenvalue weighted by Gasteiger charge is 2.28. The van der Waals surface area contributed by atoms with Gasteiger partial charge in [-0.1, -0.05) is 24.3 Å². The number of aromatic nitrogens is 2. The predicted molar refractivity (Wildman–Crippen MR) is 98.4 cm³/mol. The first-order chi connectivity index (χ1) is 13.0. The maximum atomic E-state index is 12.9. The number of aromatic amines is 1. The number of benzene rings is 2. The number of phenolic OH excluding ortho intramolecular Hbond substituents is 1. The number of rotatable bonds is 4. The van der Waals surface area contributed by atoms with Gasteiger partial charge < -0.3 is 19.8 Å². The monoisotopic (exact) mass is 365 g/mol. The van der Waals surface area contributed by atoms with Crippen LogP contribution in [0.4, 0.5) is 0 Å². The number of nitrogens with one attached hydrogen (secondary N) is 1. The summed E-state index contributed by atoms with van der Waals surface area (Å²) >= 11 is 0. The zero-order valence-corrected chi connectivity index (χ0v) is 14.7. The third kappa shape index (κ3) is 3.13. The van der Waals surface area contributed by atoms with Crippen molar-refractivity contribution in [1.82, 2.24) is 15.1 Å². The molecule has 0 fully saturated rings. The highest BCUT2D eigenvalue weighted by molar-refractivity contribution is 5.96. The van der Waals surface area contributed by atoms with Crippen molar-refractivity contribution in [2.24, 2.45) is 0 Å². The molecule has 0 saturated heterocycles. The summed E-state index contributed by atoms with van der Waals surface area (Å²) in [4.78, 5) is 14.3. The lowest BCUT2D eigenvalue weighted by atomic mass is 10.0. The molecule has 27 heavy (non-hydrogen) atoms. The number of carbonyl (C=O) groups excluding carboxylic acids is 1. The molecule has 7 nitrogen and oxygen atoms in total. The largest absolute Gasteiger partial charge is 0.508 e. The Labute approximate surface area is 155 Å². The van der Waals surface area contributed by atoms with Gasteiger partial charge >= 0.3 is 0 Å². The fourth-order valence-corrected chi connectivity index (χ4v) is 3.18. The van der Waals surface area contributed by atoms with Gasteiger partial charge in [-0.3, -0.25) is 9.89 Å². The van der Waals surface area contributed by atoms with Crippen LogP contribution in [-0.2, 0) is 6.61 Å². The lowest BCUT2D eigenvalue weighted by molar-refractivity contribution is 0.0673. The number of phenols is 1. The van der Waals surface area contributed by atoms with Crippen LogP contribution in [0.2, 0.25) is 0 Å². The maximum Gasteiger partial charge on any atom is 0.272 e. The standard InChI is InChI=1S/C20H19N3O4/c1-23(10-16(25)12-6-8-13(24)9-7-12)20(26)19-15-11-27-17-5-3-2-4-14(17)18(15)21-22-19/h2-9,16,24-25H,10-11H2,1H3,(H,21,22). The number of nitrogens with zero attached hydrogens (tertiary/aromatic N) is 2. The van der Waals surface area contributed by atoms with Crippen molar-refractivity contribution >= 4 is 5.91 Å². The van der Waals surface area contributed by atoms with Crippen LogP contribution >= 0.6 is 0 Å². The molecule has 1 atom stereocenters. The van der Waals surface area contributed by atoms with Crippen LogP contribution in [0.5, 0.6) is 11.5 Å². The first kappa shape index (κ1) is 17.1. The van der Waals surface area contributed by atoms with Crippen molar-refractivity contribution in [3.05, 3.63) is 65.4 Å².